The molecule has 0 saturated heterocycles. The third-order valence-electron chi connectivity index (χ3n) is 2.84. The summed E-state index contributed by atoms with van der Waals surface area (Å²) in [4.78, 5) is 38.2. The number of aryl methyl sites for hydroxylation is 2. The summed E-state index contributed by atoms with van der Waals surface area (Å²) >= 11 is 0. The predicted molar refractivity (Wildman–Crippen MR) is 65.7 cm³/mol. The summed E-state index contributed by atoms with van der Waals surface area (Å²) in [6, 6.07) is 0.686. The van der Waals surface area contributed by atoms with Crippen LogP contribution in [0.5, 0.6) is 0 Å². The highest BCUT2D eigenvalue weighted by molar-refractivity contribution is 5.97. The lowest BCUT2D eigenvalue weighted by molar-refractivity contribution is -0.141. The van der Waals surface area contributed by atoms with Gasteiger partial charge in [-0.25, -0.2) is 4.79 Å². The molecule has 0 aliphatic heterocycles. The van der Waals surface area contributed by atoms with Gasteiger partial charge >= 0.3 is 5.97 Å². The maximum atomic E-state index is 12.1. The minimum absolute atomic E-state index is 0.0174. The van der Waals surface area contributed by atoms with E-state index in [1.165, 1.54) is 14.0 Å². The number of nitrogens with one attached hydrogen (secondary N) is 1. The van der Waals surface area contributed by atoms with Crippen LogP contribution in [0.2, 0.25) is 0 Å². The molecule has 6 nitrogen and oxygen atoms in total. The molecule has 1 aromatic heterocycles. The Bertz CT molecular complexity index is 547. The monoisotopic (exact) mass is 252 g/mol. The Morgan fingerprint density at radius 1 is 1.39 bits per heavy atom. The summed E-state index contributed by atoms with van der Waals surface area (Å²) in [5.74, 6) is -1.71. The molecule has 1 atom stereocenters. The molecule has 2 N–H and O–H groups in total. The van der Waals surface area contributed by atoms with Gasteiger partial charge in [0.2, 0.25) is 0 Å². The van der Waals surface area contributed by atoms with Crippen molar-refractivity contribution in [2.75, 3.05) is 7.05 Å². The maximum Gasteiger partial charge on any atom is 0.326 e. The number of carboxylic acids is 1. The number of carboxylic acid groups (broad SMARTS) is 1. The first-order valence-electron chi connectivity index (χ1n) is 5.46. The van der Waals surface area contributed by atoms with E-state index in [4.69, 9.17) is 5.11 Å². The van der Waals surface area contributed by atoms with Crippen molar-refractivity contribution in [3.8, 4) is 0 Å². The minimum atomic E-state index is -1.12. The van der Waals surface area contributed by atoms with Gasteiger partial charge in [0.15, 0.2) is 0 Å². The summed E-state index contributed by atoms with van der Waals surface area (Å²) < 4.78 is 0. The van der Waals surface area contributed by atoms with E-state index in [1.54, 1.807) is 19.9 Å². The number of hydrogen-bond acceptors (Lipinski definition) is 3. The molecule has 98 valence electrons. The Balaban J connectivity index is 3.20. The molecule has 1 aromatic rings. The number of H-pyrrole nitrogens is 1. The van der Waals surface area contributed by atoms with Crippen LogP contribution in [0, 0.1) is 13.8 Å². The van der Waals surface area contributed by atoms with E-state index in [0.29, 0.717) is 11.3 Å². The topological polar surface area (TPSA) is 90.5 Å². The van der Waals surface area contributed by atoms with Crippen molar-refractivity contribution >= 4 is 11.9 Å². The van der Waals surface area contributed by atoms with Gasteiger partial charge in [0, 0.05) is 12.7 Å². The van der Waals surface area contributed by atoms with Crippen molar-refractivity contribution in [2.24, 2.45) is 0 Å². The second kappa shape index (κ2) is 5.03. The molecule has 18 heavy (non-hydrogen) atoms. The van der Waals surface area contributed by atoms with E-state index >= 15 is 0 Å². The van der Waals surface area contributed by atoms with Gasteiger partial charge in [-0.1, -0.05) is 0 Å². The number of amides is 1. The van der Waals surface area contributed by atoms with Gasteiger partial charge in [0.25, 0.3) is 11.5 Å². The van der Waals surface area contributed by atoms with E-state index < -0.39 is 23.5 Å². The first-order valence-corrected chi connectivity index (χ1v) is 5.46. The van der Waals surface area contributed by atoms with Crippen LogP contribution in [0.25, 0.3) is 0 Å². The van der Waals surface area contributed by atoms with Crippen LogP contribution in [-0.2, 0) is 4.79 Å². The molecule has 0 aliphatic carbocycles. The van der Waals surface area contributed by atoms with Gasteiger partial charge in [-0.05, 0) is 32.4 Å². The Morgan fingerprint density at radius 3 is 2.39 bits per heavy atom. The second-order valence-electron chi connectivity index (χ2n) is 4.27. The van der Waals surface area contributed by atoms with Crippen molar-refractivity contribution < 1.29 is 14.7 Å². The summed E-state index contributed by atoms with van der Waals surface area (Å²) in [5, 5.41) is 8.85. The second-order valence-corrected chi connectivity index (χ2v) is 4.27. The lowest BCUT2D eigenvalue weighted by atomic mass is 10.1. The molecule has 1 amide bonds. The van der Waals surface area contributed by atoms with Crippen LogP contribution < -0.4 is 5.56 Å². The third-order valence-corrected chi connectivity index (χ3v) is 2.84. The van der Waals surface area contributed by atoms with E-state index in [9.17, 15) is 14.4 Å². The van der Waals surface area contributed by atoms with Crippen LogP contribution in [0.1, 0.15) is 28.5 Å². The number of rotatable bonds is 3. The van der Waals surface area contributed by atoms with Crippen molar-refractivity contribution in [2.45, 2.75) is 26.8 Å². The van der Waals surface area contributed by atoms with Crippen molar-refractivity contribution in [1.29, 1.82) is 0 Å². The van der Waals surface area contributed by atoms with Crippen LogP contribution in [0.4, 0.5) is 0 Å². The van der Waals surface area contributed by atoms with E-state index in [-0.39, 0.29) is 5.56 Å². The highest BCUT2D eigenvalue weighted by atomic mass is 16.4. The van der Waals surface area contributed by atoms with Crippen molar-refractivity contribution in [3.63, 3.8) is 0 Å². The van der Waals surface area contributed by atoms with E-state index in [2.05, 4.69) is 4.98 Å². The average Bonchev–Trinajstić information content (AvgIpc) is 2.25. The molecule has 0 spiro atoms. The molecule has 6 heteroatoms. The number of aliphatic carboxylic acids is 1. The van der Waals surface area contributed by atoms with Crippen LogP contribution in [-0.4, -0.2) is 40.0 Å². The van der Waals surface area contributed by atoms with E-state index in [0.717, 1.165) is 4.90 Å². The van der Waals surface area contributed by atoms with E-state index in [1.807, 2.05) is 0 Å². The standard InChI is InChI=1S/C12H16N2O4/c1-6-5-7(2)13-10(15)9(6)11(16)14(4)8(3)12(17)18/h5,8H,1-4H3,(H,13,15)(H,17,18). The number of carbonyl (C=O) groups is 2. The van der Waals surface area contributed by atoms with Crippen molar-refractivity contribution in [1.82, 2.24) is 9.88 Å². The first-order chi connectivity index (χ1) is 8.25. The highest BCUT2D eigenvalue weighted by Crippen LogP contribution is 2.08. The minimum Gasteiger partial charge on any atom is -0.480 e. The fourth-order valence-electron chi connectivity index (χ4n) is 1.64. The Hall–Kier alpha value is -2.11. The zero-order valence-electron chi connectivity index (χ0n) is 10.8. The summed E-state index contributed by atoms with van der Waals surface area (Å²) in [5.41, 5.74) is 0.673. The predicted octanol–water partition coefficient (Wildman–Crippen LogP) is 0.537. The zero-order valence-corrected chi connectivity index (χ0v) is 10.8. The molecule has 1 unspecified atom stereocenters. The summed E-state index contributed by atoms with van der Waals surface area (Å²) in [6.45, 7) is 4.75. The zero-order chi connectivity index (χ0) is 14.0. The SMILES string of the molecule is Cc1cc(C)c(C(=O)N(C)C(C)C(=O)O)c(=O)[nH]1. The van der Waals surface area contributed by atoms with Gasteiger partial charge in [0.1, 0.15) is 11.6 Å². The van der Waals surface area contributed by atoms with Gasteiger partial charge < -0.3 is 15.0 Å². The number of aromatic nitrogens is 1. The van der Waals surface area contributed by atoms with Gasteiger partial charge in [0.05, 0.1) is 0 Å². The Kier molecular flexibility index (Phi) is 3.90. The number of likely N-dealkylation sites (N-methyl/N-ethyl adjacent to an activating group) is 1. The van der Waals surface area contributed by atoms with Gasteiger partial charge in [-0.2, -0.15) is 0 Å². The molecular formula is C12H16N2O4. The van der Waals surface area contributed by atoms with Gasteiger partial charge in [-0.3, -0.25) is 9.59 Å². The average molecular weight is 252 g/mol. The molecule has 0 aromatic carbocycles. The molecule has 0 fully saturated rings. The third kappa shape index (κ3) is 2.58. The lowest BCUT2D eigenvalue weighted by Crippen LogP contribution is -2.42. The largest absolute Gasteiger partial charge is 0.480 e. The maximum absolute atomic E-state index is 12.1. The lowest BCUT2D eigenvalue weighted by Gasteiger charge is -2.21. The molecule has 1 rings (SSSR count). The number of carbonyl (C=O) groups excluding carboxylic acids is 1. The highest BCUT2D eigenvalue weighted by Gasteiger charge is 2.25. The fraction of sp³-hybridized carbons (Fsp3) is 0.417. The van der Waals surface area contributed by atoms with Crippen LogP contribution in [0.3, 0.4) is 0 Å². The fourth-order valence-corrected chi connectivity index (χ4v) is 1.64. The number of hydrogen-bond donors (Lipinski definition) is 2. The molecule has 0 radical (unpaired) electrons. The summed E-state index contributed by atoms with van der Waals surface area (Å²) in [6.07, 6.45) is 0. The summed E-state index contributed by atoms with van der Waals surface area (Å²) in [7, 11) is 1.36. The number of nitrogens with zero attached hydrogens (tertiary/aromatic N) is 1. The molecule has 0 saturated carbocycles. The van der Waals surface area contributed by atoms with Crippen LogP contribution >= 0.6 is 0 Å². The Morgan fingerprint density at radius 2 is 1.94 bits per heavy atom. The first kappa shape index (κ1) is 14.0. The van der Waals surface area contributed by atoms with Gasteiger partial charge in [-0.15, -0.1) is 0 Å². The number of aromatic amines is 1. The molecule has 0 aliphatic rings. The smallest absolute Gasteiger partial charge is 0.326 e. The normalized spacial score (nSPS) is 12.0. The molecular weight excluding hydrogens is 236 g/mol. The van der Waals surface area contributed by atoms with Crippen molar-refractivity contribution in [3.05, 3.63) is 33.2 Å². The number of pyridine rings is 1. The Labute approximate surface area is 104 Å². The molecule has 1 heterocycles. The molecule has 0 bridgehead atoms. The van der Waals surface area contributed by atoms with Crippen LogP contribution in [0.15, 0.2) is 10.9 Å². The quantitative estimate of drug-likeness (QED) is 0.821.